The van der Waals surface area contributed by atoms with Crippen LogP contribution in [-0.4, -0.2) is 17.9 Å². The largest absolute Gasteiger partial charge is 0.353 e. The molecule has 2 N–H and O–H groups in total. The minimum Gasteiger partial charge on any atom is -0.353 e. The Hall–Kier alpha value is -1.84. The van der Waals surface area contributed by atoms with Crippen LogP contribution in [0.1, 0.15) is 62.5 Å². The van der Waals surface area contributed by atoms with Gasteiger partial charge < -0.3 is 10.6 Å². The Morgan fingerprint density at radius 1 is 1.08 bits per heavy atom. The van der Waals surface area contributed by atoms with Crippen molar-refractivity contribution < 1.29 is 9.59 Å². The van der Waals surface area contributed by atoms with E-state index in [0.717, 1.165) is 56.2 Å². The lowest BCUT2D eigenvalue weighted by Crippen LogP contribution is -2.42. The van der Waals surface area contributed by atoms with Crippen LogP contribution in [0.25, 0.3) is 0 Å². The van der Waals surface area contributed by atoms with Crippen LogP contribution in [0.2, 0.25) is 0 Å². The maximum Gasteiger partial charge on any atom is 0.231 e. The molecular weight excluding hydrogens is 300 g/mol. The van der Waals surface area contributed by atoms with Gasteiger partial charge in [0.25, 0.3) is 0 Å². The van der Waals surface area contributed by atoms with Crippen LogP contribution in [0.4, 0.5) is 5.69 Å². The van der Waals surface area contributed by atoms with Gasteiger partial charge in [-0.3, -0.25) is 9.59 Å². The second-order valence-electron chi connectivity index (χ2n) is 7.61. The van der Waals surface area contributed by atoms with E-state index in [2.05, 4.69) is 17.6 Å². The molecule has 2 aliphatic carbocycles. The number of carbonyl (C=O) groups is 2. The molecule has 1 aromatic rings. The number of rotatable bonds is 5. The van der Waals surface area contributed by atoms with Crippen molar-refractivity contribution in [3.8, 4) is 0 Å². The Balaban J connectivity index is 1.72. The van der Waals surface area contributed by atoms with E-state index >= 15 is 0 Å². The number of amides is 2. The maximum atomic E-state index is 13.0. The fourth-order valence-electron chi connectivity index (χ4n) is 3.61. The summed E-state index contributed by atoms with van der Waals surface area (Å²) >= 11 is 0. The molecule has 0 bridgehead atoms. The highest BCUT2D eigenvalue weighted by molar-refractivity contribution is 5.98. The van der Waals surface area contributed by atoms with Gasteiger partial charge >= 0.3 is 0 Å². The lowest BCUT2D eigenvalue weighted by atomic mass is 9.70. The van der Waals surface area contributed by atoms with E-state index in [-0.39, 0.29) is 11.8 Å². The highest BCUT2D eigenvalue weighted by atomic mass is 16.2. The first-order chi connectivity index (χ1) is 11.5. The van der Waals surface area contributed by atoms with Crippen molar-refractivity contribution in [2.75, 3.05) is 5.32 Å². The predicted octanol–water partition coefficient (Wildman–Crippen LogP) is 3.86. The van der Waals surface area contributed by atoms with Crippen LogP contribution >= 0.6 is 0 Å². The van der Waals surface area contributed by atoms with Crippen LogP contribution in [0.5, 0.6) is 0 Å². The van der Waals surface area contributed by atoms with E-state index in [1.807, 2.05) is 25.1 Å². The molecule has 2 saturated carbocycles. The van der Waals surface area contributed by atoms with Crippen molar-refractivity contribution in [1.82, 2.24) is 5.32 Å². The molecule has 3 rings (SSSR count). The molecule has 130 valence electrons. The molecule has 1 aromatic carbocycles. The van der Waals surface area contributed by atoms with Gasteiger partial charge in [-0.15, -0.1) is 0 Å². The van der Waals surface area contributed by atoms with Gasteiger partial charge in [0.15, 0.2) is 0 Å². The summed E-state index contributed by atoms with van der Waals surface area (Å²) in [6, 6.07) is 6.33. The molecule has 0 unspecified atom stereocenters. The fourth-order valence-corrected chi connectivity index (χ4v) is 3.61. The summed E-state index contributed by atoms with van der Waals surface area (Å²) < 4.78 is 0. The molecule has 0 radical (unpaired) electrons. The molecule has 2 aliphatic rings. The van der Waals surface area contributed by atoms with Gasteiger partial charge in [-0.2, -0.15) is 0 Å². The molecule has 0 aliphatic heterocycles. The third-order valence-corrected chi connectivity index (χ3v) is 5.50. The van der Waals surface area contributed by atoms with Gasteiger partial charge in [-0.1, -0.05) is 25.3 Å². The molecule has 2 fully saturated rings. The summed E-state index contributed by atoms with van der Waals surface area (Å²) in [5.41, 5.74) is 2.66. The third kappa shape index (κ3) is 3.97. The first-order valence-corrected chi connectivity index (χ1v) is 9.17. The van der Waals surface area contributed by atoms with E-state index in [4.69, 9.17) is 0 Å². The fraction of sp³-hybridized carbons (Fsp3) is 0.600. The zero-order chi connectivity index (χ0) is 17.2. The molecule has 24 heavy (non-hydrogen) atoms. The van der Waals surface area contributed by atoms with Gasteiger partial charge in [0.1, 0.15) is 0 Å². The van der Waals surface area contributed by atoms with E-state index in [9.17, 15) is 9.59 Å². The lowest BCUT2D eigenvalue weighted by Gasteiger charge is -2.35. The second-order valence-corrected chi connectivity index (χ2v) is 7.61. The minimum absolute atomic E-state index is 0.0106. The highest BCUT2D eigenvalue weighted by Gasteiger charge is 2.42. The summed E-state index contributed by atoms with van der Waals surface area (Å²) in [6.07, 6.45) is 7.29. The maximum absolute atomic E-state index is 13.0. The summed E-state index contributed by atoms with van der Waals surface area (Å²) in [5, 5.41) is 6.12. The van der Waals surface area contributed by atoms with Gasteiger partial charge in [-0.05, 0) is 62.8 Å². The smallest absolute Gasteiger partial charge is 0.231 e. The lowest BCUT2D eigenvalue weighted by molar-refractivity contribution is -0.134. The van der Waals surface area contributed by atoms with E-state index in [1.165, 1.54) is 5.56 Å². The van der Waals surface area contributed by atoms with E-state index in [1.54, 1.807) is 0 Å². The number of anilines is 1. The van der Waals surface area contributed by atoms with Gasteiger partial charge in [0, 0.05) is 18.2 Å². The molecule has 0 aromatic heterocycles. The number of aryl methyl sites for hydroxylation is 2. The van der Waals surface area contributed by atoms with Crippen LogP contribution in [-0.2, 0) is 9.59 Å². The Kier molecular flexibility index (Phi) is 4.93. The SMILES string of the molecule is Cc1ccc(NC(=O)C2(CC(=O)NC3CC3)CCCCC2)cc1C. The predicted molar refractivity (Wildman–Crippen MR) is 95.8 cm³/mol. The van der Waals surface area contributed by atoms with Gasteiger partial charge in [0.2, 0.25) is 11.8 Å². The summed E-state index contributed by atoms with van der Waals surface area (Å²) in [4.78, 5) is 25.4. The third-order valence-electron chi connectivity index (χ3n) is 5.50. The monoisotopic (exact) mass is 328 g/mol. The Morgan fingerprint density at radius 2 is 1.79 bits per heavy atom. The zero-order valence-electron chi connectivity index (χ0n) is 14.8. The minimum atomic E-state index is -0.546. The molecule has 0 atom stereocenters. The summed E-state index contributed by atoms with van der Waals surface area (Å²) in [7, 11) is 0. The summed E-state index contributed by atoms with van der Waals surface area (Å²) in [6.45, 7) is 4.11. The Morgan fingerprint density at radius 3 is 2.42 bits per heavy atom. The Bertz CT molecular complexity index is 629. The molecule has 0 heterocycles. The van der Waals surface area contributed by atoms with E-state index in [0.29, 0.717) is 12.5 Å². The van der Waals surface area contributed by atoms with Crippen LogP contribution in [0.3, 0.4) is 0 Å². The quantitative estimate of drug-likeness (QED) is 0.862. The number of nitrogens with one attached hydrogen (secondary N) is 2. The normalized spacial score (nSPS) is 19.6. The van der Waals surface area contributed by atoms with Crippen molar-refractivity contribution in [3.05, 3.63) is 29.3 Å². The summed E-state index contributed by atoms with van der Waals surface area (Å²) in [5.74, 6) is 0.0473. The molecular formula is C20H28N2O2. The average molecular weight is 328 g/mol. The first kappa shape index (κ1) is 17.0. The molecule has 0 spiro atoms. The average Bonchev–Trinajstić information content (AvgIpc) is 3.35. The number of hydrogen-bond acceptors (Lipinski definition) is 2. The van der Waals surface area contributed by atoms with Crippen LogP contribution in [0, 0.1) is 19.3 Å². The van der Waals surface area contributed by atoms with E-state index < -0.39 is 5.41 Å². The number of hydrogen-bond donors (Lipinski definition) is 2. The number of benzene rings is 1. The zero-order valence-corrected chi connectivity index (χ0v) is 14.8. The molecule has 0 saturated heterocycles. The molecule has 4 nitrogen and oxygen atoms in total. The van der Waals surface area contributed by atoms with Crippen LogP contribution < -0.4 is 10.6 Å². The Labute approximate surface area is 144 Å². The van der Waals surface area contributed by atoms with Gasteiger partial charge in [0.05, 0.1) is 5.41 Å². The van der Waals surface area contributed by atoms with Gasteiger partial charge in [-0.25, -0.2) is 0 Å². The highest BCUT2D eigenvalue weighted by Crippen LogP contribution is 2.40. The van der Waals surface area contributed by atoms with Crippen molar-refractivity contribution in [2.45, 2.75) is 71.3 Å². The molecule has 4 heteroatoms. The second kappa shape index (κ2) is 6.96. The van der Waals surface area contributed by atoms with Crippen molar-refractivity contribution >= 4 is 17.5 Å². The van der Waals surface area contributed by atoms with Crippen LogP contribution in [0.15, 0.2) is 18.2 Å². The van der Waals surface area contributed by atoms with Crippen molar-refractivity contribution in [3.63, 3.8) is 0 Å². The first-order valence-electron chi connectivity index (χ1n) is 9.17. The molecule has 2 amide bonds. The van der Waals surface area contributed by atoms with Crippen molar-refractivity contribution in [2.24, 2.45) is 5.41 Å². The van der Waals surface area contributed by atoms with Crippen molar-refractivity contribution in [1.29, 1.82) is 0 Å². The number of carbonyl (C=O) groups excluding carboxylic acids is 2. The topological polar surface area (TPSA) is 58.2 Å². The standard InChI is InChI=1S/C20H28N2O2/c1-14-6-7-17(12-15(14)2)22-19(24)20(10-4-3-5-11-20)13-18(23)21-16-8-9-16/h6-7,12,16H,3-5,8-11,13H2,1-2H3,(H,21,23)(H,22,24).